The van der Waals surface area contributed by atoms with E-state index in [9.17, 15) is 79.0 Å². The second-order valence-electron chi connectivity index (χ2n) is 4.98. The van der Waals surface area contributed by atoms with Crippen LogP contribution in [-0.2, 0) is 0 Å². The third-order valence-corrected chi connectivity index (χ3v) is 3.10. The lowest BCUT2D eigenvalue weighted by atomic mass is 10.1. The molecule has 2 nitrogen and oxygen atoms in total. The first-order valence-electron chi connectivity index (χ1n) is 5.99. The third-order valence-electron chi connectivity index (χ3n) is 3.10. The molecule has 0 unspecified atom stereocenters. The Bertz CT molecular complexity index is 654. The maximum Gasteiger partial charge on any atom is 0.469 e. The molecular formula is C9F18N2. The van der Waals surface area contributed by atoms with Crippen molar-refractivity contribution in [1.29, 1.82) is 0 Å². The molecule has 0 amide bonds. The second-order valence-corrected chi connectivity index (χ2v) is 4.98. The number of halogens is 18. The van der Waals surface area contributed by atoms with Gasteiger partial charge in [0.05, 0.1) is 0 Å². The van der Waals surface area contributed by atoms with E-state index in [4.69, 9.17) is 0 Å². The van der Waals surface area contributed by atoms with E-state index >= 15 is 0 Å². The molecule has 172 valence electrons. The van der Waals surface area contributed by atoms with Crippen LogP contribution in [0.15, 0.2) is 11.8 Å². The Hall–Kier alpha value is -1.76. The smallest absolute Gasteiger partial charge is 0.212 e. The van der Waals surface area contributed by atoms with Crippen LogP contribution in [0.5, 0.6) is 0 Å². The summed E-state index contributed by atoms with van der Waals surface area (Å²) in [5, 5.41) is 0. The van der Waals surface area contributed by atoms with Crippen molar-refractivity contribution >= 4 is 0 Å². The highest BCUT2D eigenvalue weighted by Gasteiger charge is 2.92. The Kier molecular flexibility index (Phi) is 5.34. The molecule has 0 spiro atoms. The summed E-state index contributed by atoms with van der Waals surface area (Å²) in [6.07, 6.45) is -14.5. The molecule has 1 aliphatic rings. The normalized spacial score (nSPS) is 25.7. The molecule has 1 fully saturated rings. The fraction of sp³-hybridized carbons (Fsp3) is 0.778. The maximum absolute atomic E-state index is 13.5. The van der Waals surface area contributed by atoms with Crippen molar-refractivity contribution in [2.45, 2.75) is 42.6 Å². The van der Waals surface area contributed by atoms with E-state index in [1.165, 1.54) is 0 Å². The zero-order valence-electron chi connectivity index (χ0n) is 12.2. The van der Waals surface area contributed by atoms with Gasteiger partial charge in [-0.3, -0.25) is 0 Å². The van der Waals surface area contributed by atoms with Gasteiger partial charge in [0.2, 0.25) is 5.95 Å². The van der Waals surface area contributed by atoms with Gasteiger partial charge < -0.3 is 0 Å². The number of alkyl halides is 16. The summed E-state index contributed by atoms with van der Waals surface area (Å²) in [5.74, 6) is -9.57. The summed E-state index contributed by atoms with van der Waals surface area (Å²) >= 11 is 0. The average molecular weight is 478 g/mol. The van der Waals surface area contributed by atoms with Crippen molar-refractivity contribution in [3.05, 3.63) is 11.8 Å². The number of piperazine rings is 1. The first kappa shape index (κ1) is 25.3. The molecule has 0 bridgehead atoms. The molecule has 1 saturated heterocycles. The third kappa shape index (κ3) is 3.22. The van der Waals surface area contributed by atoms with Crippen molar-refractivity contribution in [1.82, 2.24) is 9.80 Å². The van der Waals surface area contributed by atoms with E-state index in [1.54, 1.807) is 0 Å². The molecule has 0 atom stereocenters. The fourth-order valence-electron chi connectivity index (χ4n) is 1.83. The molecule has 0 N–H and O–H groups in total. The molecule has 0 aromatic heterocycles. The molecule has 0 saturated carbocycles. The van der Waals surface area contributed by atoms with Crippen molar-refractivity contribution < 1.29 is 79.0 Å². The van der Waals surface area contributed by atoms with Gasteiger partial charge in [-0.1, -0.05) is 4.90 Å². The molecule has 1 heterocycles. The zero-order valence-corrected chi connectivity index (χ0v) is 12.2. The van der Waals surface area contributed by atoms with E-state index in [0.29, 0.717) is 0 Å². The minimum Gasteiger partial charge on any atom is -0.212 e. The van der Waals surface area contributed by atoms with Crippen LogP contribution in [0.4, 0.5) is 79.0 Å². The highest BCUT2D eigenvalue weighted by Crippen LogP contribution is 2.63. The lowest BCUT2D eigenvalue weighted by Crippen LogP contribution is -2.84. The Morgan fingerprint density at radius 1 is 0.552 bits per heavy atom. The number of hydrogen-bond acceptors (Lipinski definition) is 2. The number of hydrogen-bond donors (Lipinski definition) is 0. The van der Waals surface area contributed by atoms with E-state index in [2.05, 4.69) is 0 Å². The average Bonchev–Trinajstić information content (AvgIpc) is 2.40. The van der Waals surface area contributed by atoms with Crippen molar-refractivity contribution in [2.75, 3.05) is 0 Å². The van der Waals surface area contributed by atoms with Crippen LogP contribution < -0.4 is 0 Å². The summed E-state index contributed by atoms with van der Waals surface area (Å²) in [5.41, 5.74) is 0. The predicted molar refractivity (Wildman–Crippen MR) is 49.8 cm³/mol. The van der Waals surface area contributed by atoms with Gasteiger partial charge in [0.25, 0.3) is 5.83 Å². The van der Waals surface area contributed by atoms with Crippen molar-refractivity contribution in [2.24, 2.45) is 0 Å². The lowest BCUT2D eigenvalue weighted by molar-refractivity contribution is -0.552. The summed E-state index contributed by atoms with van der Waals surface area (Å²) in [6, 6.07) is -39.0. The van der Waals surface area contributed by atoms with E-state index in [0.717, 1.165) is 0 Å². The van der Waals surface area contributed by atoms with Gasteiger partial charge in [0, 0.05) is 0 Å². The van der Waals surface area contributed by atoms with Crippen molar-refractivity contribution in [3.8, 4) is 0 Å². The molecule has 1 rings (SSSR count). The molecule has 29 heavy (non-hydrogen) atoms. The Labute approximate surface area is 144 Å². The molecule has 0 aliphatic carbocycles. The fourth-order valence-corrected chi connectivity index (χ4v) is 1.83. The van der Waals surface area contributed by atoms with E-state index < -0.39 is 64.2 Å². The van der Waals surface area contributed by atoms with Crippen LogP contribution in [-0.4, -0.2) is 52.4 Å². The minimum absolute atomic E-state index is 3.87. The van der Waals surface area contributed by atoms with Crippen molar-refractivity contribution in [3.63, 3.8) is 0 Å². The lowest BCUT2D eigenvalue weighted by Gasteiger charge is -2.54. The summed E-state index contributed by atoms with van der Waals surface area (Å²) in [6.45, 7) is 0. The molecule has 1 aliphatic heterocycles. The van der Waals surface area contributed by atoms with Crippen LogP contribution in [0.25, 0.3) is 0 Å². The highest BCUT2D eigenvalue weighted by atomic mass is 19.4. The first-order chi connectivity index (χ1) is 12.3. The highest BCUT2D eigenvalue weighted by molar-refractivity contribution is 5.15. The number of nitrogens with zero attached hydrogens (tertiary/aromatic N) is 2. The standard InChI is InChI=1S/C9F18N2/c10-1(3(12,13)14)2(11)28-6(20,21)8(24,25)29(5(18,19)4(15,16)17)9(26,27)7(28,22)23. The van der Waals surface area contributed by atoms with Crippen LogP contribution in [0.1, 0.15) is 0 Å². The molecule has 20 heteroatoms. The topological polar surface area (TPSA) is 6.48 Å². The molecule has 0 radical (unpaired) electrons. The van der Waals surface area contributed by atoms with Gasteiger partial charge in [0.15, 0.2) is 0 Å². The monoisotopic (exact) mass is 478 g/mol. The van der Waals surface area contributed by atoms with Crippen LogP contribution in [0.2, 0.25) is 0 Å². The Morgan fingerprint density at radius 3 is 1.10 bits per heavy atom. The van der Waals surface area contributed by atoms with E-state index in [-0.39, 0.29) is 0 Å². The minimum atomic E-state index is -7.87. The first-order valence-corrected chi connectivity index (χ1v) is 5.99. The van der Waals surface area contributed by atoms with Gasteiger partial charge in [-0.25, -0.2) is 4.90 Å². The predicted octanol–water partition coefficient (Wildman–Crippen LogP) is 5.80. The molecule has 0 aromatic carbocycles. The second kappa shape index (κ2) is 6.13. The van der Waals surface area contributed by atoms with Gasteiger partial charge in [-0.15, -0.1) is 0 Å². The van der Waals surface area contributed by atoms with Crippen LogP contribution in [0, 0.1) is 0 Å². The molecule has 0 aromatic rings. The SMILES string of the molecule is FC(=C(F)C(F)(F)F)N1C(F)(F)C(F)(F)N(C(F)(F)C(F)(F)F)C(F)(F)C1(F)F. The Morgan fingerprint density at radius 2 is 0.862 bits per heavy atom. The van der Waals surface area contributed by atoms with Crippen LogP contribution in [0.3, 0.4) is 0 Å². The maximum atomic E-state index is 13.5. The largest absolute Gasteiger partial charge is 0.469 e. The van der Waals surface area contributed by atoms with Gasteiger partial charge >= 0.3 is 42.6 Å². The van der Waals surface area contributed by atoms with Gasteiger partial charge in [-0.05, 0) is 0 Å². The summed E-state index contributed by atoms with van der Waals surface area (Å²) in [7, 11) is 0. The quantitative estimate of drug-likeness (QED) is 0.366. The van der Waals surface area contributed by atoms with Gasteiger partial charge in [0.1, 0.15) is 0 Å². The number of allylic oxidation sites excluding steroid dienone is 1. The summed E-state index contributed by atoms with van der Waals surface area (Å²) < 4.78 is 231. The summed E-state index contributed by atoms with van der Waals surface area (Å²) in [4.78, 5) is -8.21. The zero-order chi connectivity index (χ0) is 23.8. The van der Waals surface area contributed by atoms with Gasteiger partial charge in [-0.2, -0.15) is 79.0 Å². The van der Waals surface area contributed by atoms with E-state index in [1.807, 2.05) is 0 Å². The molecular weight excluding hydrogens is 478 g/mol. The Balaban J connectivity index is 3.97. The number of rotatable bonds is 2. The van der Waals surface area contributed by atoms with Crippen LogP contribution >= 0.6 is 0 Å².